The summed E-state index contributed by atoms with van der Waals surface area (Å²) in [5, 5.41) is 6.96. The van der Waals surface area contributed by atoms with Gasteiger partial charge in [-0.3, -0.25) is 0 Å². The fraction of sp³-hybridized carbons (Fsp3) is 0.412. The van der Waals surface area contributed by atoms with Gasteiger partial charge >= 0.3 is 6.09 Å². The first-order chi connectivity index (χ1) is 12.0. The lowest BCUT2D eigenvalue weighted by molar-refractivity contribution is 0.197. The smallest absolute Gasteiger partial charge is 0.414 e. The number of ether oxygens (including phenoxy) is 2. The van der Waals surface area contributed by atoms with Gasteiger partial charge in [-0.15, -0.1) is 0 Å². The number of carbonyl (C=O) groups excluding carboxylic acids is 1. The van der Waals surface area contributed by atoms with Crippen molar-refractivity contribution < 1.29 is 14.3 Å². The molecule has 1 aromatic carbocycles. The van der Waals surface area contributed by atoms with Crippen molar-refractivity contribution in [1.29, 1.82) is 0 Å². The maximum atomic E-state index is 12.0. The van der Waals surface area contributed by atoms with Crippen molar-refractivity contribution in [1.82, 2.24) is 15.1 Å². The largest absolute Gasteiger partial charge is 0.497 e. The summed E-state index contributed by atoms with van der Waals surface area (Å²) in [4.78, 5) is 12.0. The molecule has 1 heterocycles. The minimum atomic E-state index is -1.61. The third-order valence-corrected chi connectivity index (χ3v) is 3.79. The zero-order chi connectivity index (χ0) is 19.5. The molecule has 0 aliphatic carbocycles. The van der Waals surface area contributed by atoms with E-state index >= 15 is 0 Å². The summed E-state index contributed by atoms with van der Waals surface area (Å²) < 4.78 is 10.5. The molecule has 0 spiro atoms. The van der Waals surface area contributed by atoms with Gasteiger partial charge in [0, 0.05) is 11.5 Å². The monoisotopic (exact) mass is 419 g/mol. The Morgan fingerprint density at radius 3 is 2.31 bits per heavy atom. The molecule has 2 aromatic rings. The molecule has 0 bridgehead atoms. The predicted octanol–water partition coefficient (Wildman–Crippen LogP) is 4.64. The lowest BCUT2D eigenvalue weighted by Crippen LogP contribution is -2.34. The van der Waals surface area contributed by atoms with Crippen molar-refractivity contribution in [2.24, 2.45) is 0 Å². The lowest BCUT2D eigenvalue weighted by Gasteiger charge is -2.14. The van der Waals surface area contributed by atoms with Crippen LogP contribution in [0.1, 0.15) is 26.5 Å². The summed E-state index contributed by atoms with van der Waals surface area (Å²) in [6, 6.07) is 8.91. The zero-order valence-electron chi connectivity index (χ0n) is 14.8. The molecule has 0 aliphatic heterocycles. The highest BCUT2D eigenvalue weighted by Crippen LogP contribution is 2.29. The van der Waals surface area contributed by atoms with Crippen molar-refractivity contribution in [2.75, 3.05) is 13.7 Å². The number of rotatable bonds is 4. The Balaban J connectivity index is 2.31. The molecule has 2 rings (SSSR count). The van der Waals surface area contributed by atoms with Gasteiger partial charge in [-0.1, -0.05) is 55.6 Å². The van der Waals surface area contributed by atoms with E-state index in [0.717, 1.165) is 5.69 Å². The molecule has 1 amide bonds. The molecule has 1 N–H and O–H groups in total. The molecule has 0 aliphatic rings. The number of benzene rings is 1. The number of alkyl halides is 3. The zero-order valence-corrected chi connectivity index (χ0v) is 17.1. The number of halogens is 3. The molecular formula is C17H20Cl3N3O3. The van der Waals surface area contributed by atoms with Gasteiger partial charge in [0.1, 0.15) is 5.75 Å². The van der Waals surface area contributed by atoms with E-state index in [2.05, 4.69) is 10.4 Å². The number of nitrogens with one attached hydrogen (secondary N) is 1. The van der Waals surface area contributed by atoms with E-state index in [1.807, 2.05) is 32.9 Å². The molecule has 6 nitrogen and oxygen atoms in total. The van der Waals surface area contributed by atoms with Crippen LogP contribution < -0.4 is 14.8 Å². The minimum absolute atomic E-state index is 0.181. The van der Waals surface area contributed by atoms with Crippen LogP contribution >= 0.6 is 34.8 Å². The third-order valence-electron chi connectivity index (χ3n) is 3.39. The van der Waals surface area contributed by atoms with Crippen molar-refractivity contribution in [3.63, 3.8) is 0 Å². The summed E-state index contributed by atoms with van der Waals surface area (Å²) in [5.41, 5.74) is 1.24. The van der Waals surface area contributed by atoms with Gasteiger partial charge in [-0.05, 0) is 24.3 Å². The van der Waals surface area contributed by atoms with Gasteiger partial charge in [0.05, 0.1) is 25.0 Å². The van der Waals surface area contributed by atoms with Gasteiger partial charge in [-0.25, -0.2) is 9.48 Å². The Bertz CT molecular complexity index is 762. The van der Waals surface area contributed by atoms with Crippen LogP contribution in [0.4, 0.5) is 4.79 Å². The first-order valence-corrected chi connectivity index (χ1v) is 8.90. The van der Waals surface area contributed by atoms with Crippen LogP contribution in [0, 0.1) is 0 Å². The molecule has 9 heteroatoms. The highest BCUT2D eigenvalue weighted by Gasteiger charge is 2.24. The van der Waals surface area contributed by atoms with Gasteiger partial charge in [0.2, 0.25) is 9.67 Å². The normalized spacial score (nSPS) is 12.0. The van der Waals surface area contributed by atoms with Crippen LogP contribution in [0.25, 0.3) is 5.69 Å². The molecule has 0 unspecified atom stereocenters. The molecular weight excluding hydrogens is 401 g/mol. The molecule has 0 radical (unpaired) electrons. The molecule has 26 heavy (non-hydrogen) atoms. The second kappa shape index (κ2) is 7.94. The Hall–Kier alpha value is -1.63. The standard InChI is InChI=1S/C17H20Cl3N3O3/c1-16(2,3)13-9-14(26-15(24)21-10-17(18,19)20)23(22-13)11-5-7-12(25-4)8-6-11/h5-9H,10H2,1-4H3,(H,21,24). The van der Waals surface area contributed by atoms with E-state index in [-0.39, 0.29) is 17.8 Å². The van der Waals surface area contributed by atoms with Crippen LogP contribution in [0.15, 0.2) is 30.3 Å². The van der Waals surface area contributed by atoms with Crippen molar-refractivity contribution in [3.05, 3.63) is 36.0 Å². The number of hydrogen-bond donors (Lipinski definition) is 1. The SMILES string of the molecule is COc1ccc(-n2nc(C(C)(C)C)cc2OC(=O)NCC(Cl)(Cl)Cl)cc1. The van der Waals surface area contributed by atoms with Crippen LogP contribution in [0.2, 0.25) is 0 Å². The predicted molar refractivity (Wildman–Crippen MR) is 103 cm³/mol. The van der Waals surface area contributed by atoms with Crippen molar-refractivity contribution >= 4 is 40.9 Å². The fourth-order valence-electron chi connectivity index (χ4n) is 2.02. The van der Waals surface area contributed by atoms with E-state index in [9.17, 15) is 4.79 Å². The fourth-order valence-corrected chi connectivity index (χ4v) is 2.22. The van der Waals surface area contributed by atoms with Gasteiger partial charge in [0.15, 0.2) is 0 Å². The van der Waals surface area contributed by atoms with Crippen LogP contribution in [0.5, 0.6) is 11.6 Å². The maximum absolute atomic E-state index is 12.0. The maximum Gasteiger partial charge on any atom is 0.414 e. The number of amides is 1. The average molecular weight is 421 g/mol. The number of nitrogens with zero attached hydrogens (tertiary/aromatic N) is 2. The van der Waals surface area contributed by atoms with Crippen LogP contribution in [0.3, 0.4) is 0 Å². The highest BCUT2D eigenvalue weighted by molar-refractivity contribution is 6.67. The summed E-state index contributed by atoms with van der Waals surface area (Å²) in [5.74, 6) is 0.960. The molecule has 0 saturated carbocycles. The van der Waals surface area contributed by atoms with Crippen LogP contribution in [-0.2, 0) is 5.41 Å². The third kappa shape index (κ3) is 5.69. The number of hydrogen-bond acceptors (Lipinski definition) is 4. The average Bonchev–Trinajstić information content (AvgIpc) is 2.96. The van der Waals surface area contributed by atoms with E-state index < -0.39 is 9.89 Å². The Kier molecular flexibility index (Phi) is 6.32. The van der Waals surface area contributed by atoms with E-state index in [1.165, 1.54) is 4.68 Å². The number of aromatic nitrogens is 2. The van der Waals surface area contributed by atoms with Gasteiger partial charge in [0.25, 0.3) is 0 Å². The Morgan fingerprint density at radius 2 is 1.81 bits per heavy atom. The van der Waals surface area contributed by atoms with E-state index in [4.69, 9.17) is 44.3 Å². The summed E-state index contributed by atoms with van der Waals surface area (Å²) in [7, 11) is 1.59. The second-order valence-corrected chi connectivity index (χ2v) is 9.10. The summed E-state index contributed by atoms with van der Waals surface area (Å²) in [6.07, 6.45) is -0.744. The summed E-state index contributed by atoms with van der Waals surface area (Å²) >= 11 is 16.9. The summed E-state index contributed by atoms with van der Waals surface area (Å²) in [6.45, 7) is 5.86. The second-order valence-electron chi connectivity index (χ2n) is 6.59. The Morgan fingerprint density at radius 1 is 1.19 bits per heavy atom. The lowest BCUT2D eigenvalue weighted by atomic mass is 9.93. The van der Waals surface area contributed by atoms with Crippen LogP contribution in [-0.4, -0.2) is 33.3 Å². The molecule has 0 saturated heterocycles. The van der Waals surface area contributed by atoms with E-state index in [0.29, 0.717) is 11.4 Å². The number of carbonyl (C=O) groups is 1. The van der Waals surface area contributed by atoms with Crippen molar-refractivity contribution in [3.8, 4) is 17.3 Å². The minimum Gasteiger partial charge on any atom is -0.497 e. The molecule has 142 valence electrons. The van der Waals surface area contributed by atoms with Crippen molar-refractivity contribution in [2.45, 2.75) is 30.0 Å². The molecule has 0 fully saturated rings. The first-order valence-electron chi connectivity index (χ1n) is 7.77. The number of methoxy groups -OCH3 is 1. The van der Waals surface area contributed by atoms with Gasteiger partial charge in [-0.2, -0.15) is 5.10 Å². The molecule has 1 aromatic heterocycles. The highest BCUT2D eigenvalue weighted by atomic mass is 35.6. The van der Waals surface area contributed by atoms with E-state index in [1.54, 1.807) is 25.3 Å². The first kappa shape index (κ1) is 20.7. The quantitative estimate of drug-likeness (QED) is 0.732. The Labute approximate surface area is 167 Å². The molecule has 0 atom stereocenters. The topological polar surface area (TPSA) is 65.4 Å². The van der Waals surface area contributed by atoms with Gasteiger partial charge < -0.3 is 14.8 Å².